The standard InChI is InChI=1S/C21H15ClN2S/c22-17-11-13-18(14-12-17)23-21-19(15-7-3-1-4-8-15)24-20(25-21)16-9-5-2-6-10-16/h1-14,23H. The molecule has 0 aliphatic heterocycles. The number of nitrogens with one attached hydrogen (secondary N) is 1. The normalized spacial score (nSPS) is 10.6. The van der Waals surface area contributed by atoms with Crippen molar-refractivity contribution in [1.82, 2.24) is 4.98 Å². The first-order valence-corrected chi connectivity index (χ1v) is 9.13. The lowest BCUT2D eigenvalue weighted by molar-refractivity contribution is 1.39. The van der Waals surface area contributed by atoms with Gasteiger partial charge in [0, 0.05) is 21.8 Å². The lowest BCUT2D eigenvalue weighted by atomic mass is 10.1. The lowest BCUT2D eigenvalue weighted by Crippen LogP contribution is -1.90. The van der Waals surface area contributed by atoms with Gasteiger partial charge in [0.1, 0.15) is 15.7 Å². The molecule has 0 radical (unpaired) electrons. The number of halogens is 1. The summed E-state index contributed by atoms with van der Waals surface area (Å²) in [6.07, 6.45) is 0. The van der Waals surface area contributed by atoms with Gasteiger partial charge in [-0.05, 0) is 24.3 Å². The molecule has 0 saturated carbocycles. The number of aromatic nitrogens is 1. The van der Waals surface area contributed by atoms with Crippen LogP contribution in [0.1, 0.15) is 0 Å². The summed E-state index contributed by atoms with van der Waals surface area (Å²) in [7, 11) is 0. The molecule has 4 aromatic rings. The van der Waals surface area contributed by atoms with Crippen LogP contribution in [-0.4, -0.2) is 4.98 Å². The van der Waals surface area contributed by atoms with E-state index < -0.39 is 0 Å². The second-order valence-electron chi connectivity index (χ2n) is 5.56. The minimum atomic E-state index is 0.725. The Bertz CT molecular complexity index is 964. The van der Waals surface area contributed by atoms with E-state index in [-0.39, 0.29) is 0 Å². The Morgan fingerprint density at radius 3 is 1.96 bits per heavy atom. The van der Waals surface area contributed by atoms with Gasteiger partial charge in [-0.15, -0.1) is 0 Å². The molecule has 4 rings (SSSR count). The van der Waals surface area contributed by atoms with Gasteiger partial charge in [0.2, 0.25) is 0 Å². The molecule has 1 heterocycles. The highest BCUT2D eigenvalue weighted by Crippen LogP contribution is 2.39. The molecule has 1 aromatic heterocycles. The summed E-state index contributed by atoms with van der Waals surface area (Å²) in [6, 6.07) is 28.2. The van der Waals surface area contributed by atoms with Crippen LogP contribution in [-0.2, 0) is 0 Å². The molecule has 0 aliphatic rings. The molecule has 0 bridgehead atoms. The van der Waals surface area contributed by atoms with Crippen LogP contribution in [0, 0.1) is 0 Å². The van der Waals surface area contributed by atoms with E-state index >= 15 is 0 Å². The van der Waals surface area contributed by atoms with Gasteiger partial charge in [-0.25, -0.2) is 4.98 Å². The topological polar surface area (TPSA) is 24.9 Å². The van der Waals surface area contributed by atoms with E-state index in [1.54, 1.807) is 11.3 Å². The third-order valence-electron chi connectivity index (χ3n) is 3.80. The van der Waals surface area contributed by atoms with Gasteiger partial charge in [0.15, 0.2) is 0 Å². The van der Waals surface area contributed by atoms with Crippen molar-refractivity contribution in [2.45, 2.75) is 0 Å². The van der Waals surface area contributed by atoms with E-state index in [9.17, 15) is 0 Å². The van der Waals surface area contributed by atoms with Crippen molar-refractivity contribution in [3.8, 4) is 21.8 Å². The number of benzene rings is 3. The van der Waals surface area contributed by atoms with Crippen molar-refractivity contribution in [3.05, 3.63) is 90.0 Å². The average Bonchev–Trinajstić information content (AvgIpc) is 3.09. The minimum Gasteiger partial charge on any atom is -0.345 e. The third-order valence-corrected chi connectivity index (χ3v) is 5.07. The fraction of sp³-hybridized carbons (Fsp3) is 0. The maximum atomic E-state index is 5.99. The molecule has 0 aliphatic carbocycles. The van der Waals surface area contributed by atoms with E-state index in [0.717, 1.165) is 37.5 Å². The van der Waals surface area contributed by atoms with Crippen LogP contribution in [0.15, 0.2) is 84.9 Å². The third kappa shape index (κ3) is 3.58. The monoisotopic (exact) mass is 362 g/mol. The van der Waals surface area contributed by atoms with Gasteiger partial charge in [0.05, 0.1) is 0 Å². The minimum absolute atomic E-state index is 0.725. The molecular formula is C21H15ClN2S. The highest BCUT2D eigenvalue weighted by Gasteiger charge is 2.14. The summed E-state index contributed by atoms with van der Waals surface area (Å²) >= 11 is 7.64. The Morgan fingerprint density at radius 1 is 0.720 bits per heavy atom. The number of hydrogen-bond donors (Lipinski definition) is 1. The van der Waals surface area contributed by atoms with Crippen LogP contribution in [0.25, 0.3) is 21.8 Å². The van der Waals surface area contributed by atoms with Gasteiger partial charge >= 0.3 is 0 Å². The second-order valence-corrected chi connectivity index (χ2v) is 7.00. The van der Waals surface area contributed by atoms with Crippen molar-refractivity contribution in [2.75, 3.05) is 5.32 Å². The highest BCUT2D eigenvalue weighted by molar-refractivity contribution is 7.19. The van der Waals surface area contributed by atoms with Crippen LogP contribution in [0.5, 0.6) is 0 Å². The van der Waals surface area contributed by atoms with Gasteiger partial charge in [-0.2, -0.15) is 0 Å². The van der Waals surface area contributed by atoms with Gasteiger partial charge in [0.25, 0.3) is 0 Å². The Hall–Kier alpha value is -2.62. The van der Waals surface area contributed by atoms with Crippen LogP contribution >= 0.6 is 22.9 Å². The maximum Gasteiger partial charge on any atom is 0.126 e. The molecule has 25 heavy (non-hydrogen) atoms. The molecular weight excluding hydrogens is 348 g/mol. The summed E-state index contributed by atoms with van der Waals surface area (Å²) < 4.78 is 0. The predicted molar refractivity (Wildman–Crippen MR) is 108 cm³/mol. The lowest BCUT2D eigenvalue weighted by Gasteiger charge is -2.06. The molecule has 0 amide bonds. The second kappa shape index (κ2) is 7.09. The quantitative estimate of drug-likeness (QED) is 0.428. The molecule has 0 fully saturated rings. The molecule has 2 nitrogen and oxygen atoms in total. The molecule has 4 heteroatoms. The van der Waals surface area contributed by atoms with Crippen molar-refractivity contribution in [2.24, 2.45) is 0 Å². The molecule has 0 atom stereocenters. The van der Waals surface area contributed by atoms with Crippen LogP contribution in [0.3, 0.4) is 0 Å². The highest BCUT2D eigenvalue weighted by atomic mass is 35.5. The first-order valence-electron chi connectivity index (χ1n) is 7.94. The zero-order chi connectivity index (χ0) is 17.1. The van der Waals surface area contributed by atoms with Gasteiger partial charge in [-0.1, -0.05) is 83.6 Å². The average molecular weight is 363 g/mol. The van der Waals surface area contributed by atoms with Gasteiger partial charge in [-0.3, -0.25) is 0 Å². The molecule has 3 aromatic carbocycles. The van der Waals surface area contributed by atoms with Crippen LogP contribution in [0.4, 0.5) is 10.7 Å². The first kappa shape index (κ1) is 15.9. The Morgan fingerprint density at radius 2 is 1.32 bits per heavy atom. The van der Waals surface area contributed by atoms with Crippen LogP contribution < -0.4 is 5.32 Å². The summed E-state index contributed by atoms with van der Waals surface area (Å²) in [4.78, 5) is 4.89. The van der Waals surface area contributed by atoms with E-state index in [2.05, 4.69) is 29.6 Å². The van der Waals surface area contributed by atoms with Crippen molar-refractivity contribution < 1.29 is 0 Å². The summed E-state index contributed by atoms with van der Waals surface area (Å²) in [5.41, 5.74) is 4.16. The number of hydrogen-bond acceptors (Lipinski definition) is 3. The molecule has 0 unspecified atom stereocenters. The predicted octanol–water partition coefficient (Wildman–Crippen LogP) is 6.87. The first-order chi connectivity index (χ1) is 12.3. The van der Waals surface area contributed by atoms with Crippen molar-refractivity contribution in [1.29, 1.82) is 0 Å². The molecule has 0 saturated heterocycles. The summed E-state index contributed by atoms with van der Waals surface area (Å²) in [5, 5.41) is 6.23. The fourth-order valence-corrected chi connectivity index (χ4v) is 3.70. The Labute approximate surface area is 155 Å². The number of thiazole rings is 1. The Balaban J connectivity index is 1.78. The fourth-order valence-electron chi connectivity index (χ4n) is 2.57. The van der Waals surface area contributed by atoms with Crippen molar-refractivity contribution >= 4 is 33.6 Å². The van der Waals surface area contributed by atoms with Gasteiger partial charge < -0.3 is 5.32 Å². The van der Waals surface area contributed by atoms with E-state index in [1.165, 1.54) is 0 Å². The zero-order valence-electron chi connectivity index (χ0n) is 13.3. The zero-order valence-corrected chi connectivity index (χ0v) is 14.9. The SMILES string of the molecule is Clc1ccc(Nc2sc(-c3ccccc3)nc2-c2ccccc2)cc1. The maximum absolute atomic E-state index is 5.99. The number of rotatable bonds is 4. The molecule has 0 spiro atoms. The van der Waals surface area contributed by atoms with E-state index in [1.807, 2.05) is 60.7 Å². The van der Waals surface area contributed by atoms with E-state index in [4.69, 9.17) is 16.6 Å². The smallest absolute Gasteiger partial charge is 0.126 e. The molecule has 1 N–H and O–H groups in total. The summed E-state index contributed by atoms with van der Waals surface area (Å²) in [6.45, 7) is 0. The molecule has 122 valence electrons. The number of anilines is 2. The van der Waals surface area contributed by atoms with E-state index in [0.29, 0.717) is 0 Å². The number of nitrogens with zero attached hydrogens (tertiary/aromatic N) is 1. The van der Waals surface area contributed by atoms with Crippen LogP contribution in [0.2, 0.25) is 5.02 Å². The largest absolute Gasteiger partial charge is 0.345 e. The van der Waals surface area contributed by atoms with Crippen molar-refractivity contribution in [3.63, 3.8) is 0 Å². The summed E-state index contributed by atoms with van der Waals surface area (Å²) in [5.74, 6) is 0. The Kier molecular flexibility index (Phi) is 4.51.